The molecule has 1 aromatic rings. The number of rotatable bonds is 2. The number of halogens is 2. The van der Waals surface area contributed by atoms with E-state index >= 15 is 0 Å². The minimum atomic E-state index is 0. The van der Waals surface area contributed by atoms with Gasteiger partial charge in [0.25, 0.3) is 0 Å². The number of nitrogens with zero attached hydrogens (tertiary/aromatic N) is 3. The van der Waals surface area contributed by atoms with Crippen molar-refractivity contribution < 1.29 is 4.79 Å². The number of likely N-dealkylation sites (tertiary alicyclic amines) is 3. The molecule has 3 aliphatic heterocycles. The number of fused-ring (bicyclic) bond motifs is 1. The van der Waals surface area contributed by atoms with Crippen LogP contribution < -0.4 is 0 Å². The first-order valence-electron chi connectivity index (χ1n) is 9.80. The van der Waals surface area contributed by atoms with Crippen molar-refractivity contribution in [1.82, 2.24) is 14.7 Å². The van der Waals surface area contributed by atoms with Crippen LogP contribution in [0.3, 0.4) is 0 Å². The van der Waals surface area contributed by atoms with Gasteiger partial charge in [-0.1, -0.05) is 24.3 Å². The summed E-state index contributed by atoms with van der Waals surface area (Å²) in [6, 6.07) is 10.1. The summed E-state index contributed by atoms with van der Waals surface area (Å²) in [6.45, 7) is 9.50. The molecular formula is C21H33Cl2N3O. The maximum atomic E-state index is 11.6. The molecule has 3 fully saturated rings. The quantitative estimate of drug-likeness (QED) is 0.743. The zero-order chi connectivity index (χ0) is 17.6. The number of carbonyl (C=O) groups is 1. The lowest BCUT2D eigenvalue weighted by molar-refractivity contribution is -0.130. The van der Waals surface area contributed by atoms with E-state index in [0.717, 1.165) is 37.8 Å². The first kappa shape index (κ1) is 22.5. The second-order valence-electron chi connectivity index (χ2n) is 8.36. The summed E-state index contributed by atoms with van der Waals surface area (Å²) in [4.78, 5) is 18.9. The van der Waals surface area contributed by atoms with Crippen molar-refractivity contribution in [2.75, 3.05) is 39.8 Å². The van der Waals surface area contributed by atoms with Crippen molar-refractivity contribution in [1.29, 1.82) is 0 Å². The van der Waals surface area contributed by atoms with Gasteiger partial charge in [0, 0.05) is 51.7 Å². The number of benzene rings is 1. The van der Waals surface area contributed by atoms with Crippen LogP contribution in [-0.2, 0) is 4.79 Å². The third-order valence-electron chi connectivity index (χ3n) is 6.86. The maximum absolute atomic E-state index is 11.6. The van der Waals surface area contributed by atoms with E-state index in [0.29, 0.717) is 12.1 Å². The minimum Gasteiger partial charge on any atom is -0.343 e. The van der Waals surface area contributed by atoms with E-state index in [1.807, 2.05) is 4.90 Å². The average Bonchev–Trinajstić information content (AvgIpc) is 3.12. The van der Waals surface area contributed by atoms with Gasteiger partial charge in [-0.05, 0) is 49.8 Å². The van der Waals surface area contributed by atoms with Crippen LogP contribution in [0.15, 0.2) is 24.3 Å². The van der Waals surface area contributed by atoms with E-state index in [4.69, 9.17) is 0 Å². The highest BCUT2D eigenvalue weighted by atomic mass is 35.5. The van der Waals surface area contributed by atoms with Crippen LogP contribution in [-0.4, -0.2) is 66.4 Å². The van der Waals surface area contributed by atoms with Gasteiger partial charge in [-0.2, -0.15) is 0 Å². The third-order valence-corrected chi connectivity index (χ3v) is 6.86. The van der Waals surface area contributed by atoms with Gasteiger partial charge in [0.1, 0.15) is 0 Å². The standard InChI is InChI=1S/C21H31N3O.2ClH/c1-15-6-4-5-7-19(15)21-20-14-24(13-17(20)12-22(21)3)18-8-10-23(11-9-18)16(2)25;;/h4-7,17-18,20-21H,8-14H2,1-3H3;2*1H/t17-,20+,21+;;/m0../s1. The molecule has 0 bridgehead atoms. The van der Waals surface area contributed by atoms with Gasteiger partial charge in [-0.15, -0.1) is 24.8 Å². The van der Waals surface area contributed by atoms with Gasteiger partial charge in [-0.3, -0.25) is 14.6 Å². The Balaban J connectivity index is 0.00000131. The molecule has 3 atom stereocenters. The summed E-state index contributed by atoms with van der Waals surface area (Å²) in [7, 11) is 2.30. The maximum Gasteiger partial charge on any atom is 0.219 e. The molecule has 6 heteroatoms. The van der Waals surface area contributed by atoms with Crippen LogP contribution in [0.2, 0.25) is 0 Å². The molecule has 152 valence electrons. The molecule has 0 saturated carbocycles. The Kier molecular flexibility index (Phi) is 7.60. The van der Waals surface area contributed by atoms with E-state index < -0.39 is 0 Å². The normalized spacial score (nSPS) is 29.1. The second-order valence-corrected chi connectivity index (χ2v) is 8.36. The van der Waals surface area contributed by atoms with Gasteiger partial charge in [0.15, 0.2) is 0 Å². The van der Waals surface area contributed by atoms with E-state index in [9.17, 15) is 4.79 Å². The fourth-order valence-electron chi connectivity index (χ4n) is 5.52. The van der Waals surface area contributed by atoms with Crippen LogP contribution in [0.1, 0.15) is 36.9 Å². The molecule has 27 heavy (non-hydrogen) atoms. The van der Waals surface area contributed by atoms with Crippen LogP contribution >= 0.6 is 24.8 Å². The molecule has 0 radical (unpaired) electrons. The Morgan fingerprint density at radius 3 is 2.33 bits per heavy atom. The fourth-order valence-corrected chi connectivity index (χ4v) is 5.52. The van der Waals surface area contributed by atoms with Crippen LogP contribution in [0.4, 0.5) is 0 Å². The smallest absolute Gasteiger partial charge is 0.219 e. The Morgan fingerprint density at radius 1 is 1.04 bits per heavy atom. The van der Waals surface area contributed by atoms with Crippen molar-refractivity contribution in [3.05, 3.63) is 35.4 Å². The minimum absolute atomic E-state index is 0. The van der Waals surface area contributed by atoms with Crippen molar-refractivity contribution in [2.24, 2.45) is 11.8 Å². The predicted molar refractivity (Wildman–Crippen MR) is 115 cm³/mol. The molecule has 0 N–H and O–H groups in total. The molecule has 0 aliphatic carbocycles. The molecule has 4 nitrogen and oxygen atoms in total. The molecule has 0 spiro atoms. The highest BCUT2D eigenvalue weighted by molar-refractivity contribution is 5.85. The van der Waals surface area contributed by atoms with E-state index in [-0.39, 0.29) is 30.7 Å². The molecule has 1 amide bonds. The zero-order valence-corrected chi connectivity index (χ0v) is 18.3. The fraction of sp³-hybridized carbons (Fsp3) is 0.667. The van der Waals surface area contributed by atoms with Crippen molar-refractivity contribution in [2.45, 2.75) is 38.8 Å². The number of hydrogen-bond acceptors (Lipinski definition) is 3. The number of hydrogen-bond donors (Lipinski definition) is 0. The van der Waals surface area contributed by atoms with E-state index in [1.165, 1.54) is 30.8 Å². The number of aryl methyl sites for hydroxylation is 1. The lowest BCUT2D eigenvalue weighted by Crippen LogP contribution is -2.46. The average molecular weight is 414 g/mol. The number of piperidine rings is 1. The summed E-state index contributed by atoms with van der Waals surface area (Å²) < 4.78 is 0. The Labute approximate surface area is 176 Å². The van der Waals surface area contributed by atoms with Gasteiger partial charge < -0.3 is 4.90 Å². The first-order valence-corrected chi connectivity index (χ1v) is 9.80. The lowest BCUT2D eigenvalue weighted by atomic mass is 9.88. The van der Waals surface area contributed by atoms with Gasteiger partial charge >= 0.3 is 0 Å². The van der Waals surface area contributed by atoms with Crippen LogP contribution in [0.5, 0.6) is 0 Å². The SMILES string of the molecule is CC(=O)N1CCC(N2C[C@@H]3CN(C)[C@H](c4ccccc4C)[C@@H]3C2)CC1.Cl.Cl. The van der Waals surface area contributed by atoms with Gasteiger partial charge in [0.05, 0.1) is 0 Å². The van der Waals surface area contributed by atoms with Gasteiger partial charge in [-0.25, -0.2) is 0 Å². The highest BCUT2D eigenvalue weighted by Crippen LogP contribution is 2.45. The molecule has 3 aliphatic rings. The topological polar surface area (TPSA) is 26.8 Å². The summed E-state index contributed by atoms with van der Waals surface area (Å²) in [6.07, 6.45) is 2.29. The van der Waals surface area contributed by atoms with Crippen molar-refractivity contribution >= 4 is 30.7 Å². The summed E-state index contributed by atoms with van der Waals surface area (Å²) >= 11 is 0. The molecule has 1 aromatic carbocycles. The summed E-state index contributed by atoms with van der Waals surface area (Å²) in [5.74, 6) is 1.77. The molecule has 3 saturated heterocycles. The molecule has 0 unspecified atom stereocenters. The monoisotopic (exact) mass is 413 g/mol. The van der Waals surface area contributed by atoms with E-state index in [2.05, 4.69) is 48.0 Å². The predicted octanol–water partition coefficient (Wildman–Crippen LogP) is 3.38. The Hall–Kier alpha value is -0.810. The molecular weight excluding hydrogens is 381 g/mol. The summed E-state index contributed by atoms with van der Waals surface area (Å²) in [5, 5.41) is 0. The third kappa shape index (κ3) is 4.29. The van der Waals surface area contributed by atoms with Crippen LogP contribution in [0.25, 0.3) is 0 Å². The van der Waals surface area contributed by atoms with Crippen molar-refractivity contribution in [3.63, 3.8) is 0 Å². The molecule has 4 rings (SSSR count). The molecule has 3 heterocycles. The number of carbonyl (C=O) groups excluding carboxylic acids is 1. The Morgan fingerprint density at radius 2 is 1.70 bits per heavy atom. The van der Waals surface area contributed by atoms with E-state index in [1.54, 1.807) is 6.92 Å². The van der Waals surface area contributed by atoms with Crippen LogP contribution in [0, 0.1) is 18.8 Å². The van der Waals surface area contributed by atoms with Crippen molar-refractivity contribution in [3.8, 4) is 0 Å². The largest absolute Gasteiger partial charge is 0.343 e. The zero-order valence-electron chi connectivity index (χ0n) is 16.6. The van der Waals surface area contributed by atoms with Gasteiger partial charge in [0.2, 0.25) is 5.91 Å². The Bertz CT molecular complexity index is 648. The number of amides is 1. The first-order chi connectivity index (χ1) is 12.0. The lowest BCUT2D eigenvalue weighted by Gasteiger charge is -2.37. The second kappa shape index (κ2) is 9.13. The molecule has 0 aromatic heterocycles. The summed E-state index contributed by atoms with van der Waals surface area (Å²) in [5.41, 5.74) is 2.94. The highest BCUT2D eigenvalue weighted by Gasteiger charge is 2.47.